The molecule has 1 amide bonds. The number of piperidine rings is 1. The number of ether oxygens (including phenoxy) is 1. The van der Waals surface area contributed by atoms with Gasteiger partial charge in [0, 0.05) is 63.7 Å². The fourth-order valence-corrected chi connectivity index (χ4v) is 2.87. The van der Waals surface area contributed by atoms with Gasteiger partial charge < -0.3 is 14.5 Å². The first kappa shape index (κ1) is 17.2. The number of amides is 1. The first-order chi connectivity index (χ1) is 12.0. The molecule has 2 heterocycles. The Morgan fingerprint density at radius 2 is 1.88 bits per heavy atom. The number of carbonyl (C=O) groups is 1. The Labute approximate surface area is 148 Å². The minimum Gasteiger partial charge on any atom is -0.460 e. The summed E-state index contributed by atoms with van der Waals surface area (Å²) in [6.45, 7) is 3.31. The fourth-order valence-electron chi connectivity index (χ4n) is 2.87. The van der Waals surface area contributed by atoms with Crippen molar-refractivity contribution >= 4 is 11.6 Å². The maximum absolute atomic E-state index is 12.7. The van der Waals surface area contributed by atoms with Crippen LogP contribution in [0.15, 0.2) is 36.7 Å². The van der Waals surface area contributed by atoms with Crippen LogP contribution in [0.25, 0.3) is 0 Å². The molecule has 25 heavy (non-hydrogen) atoms. The van der Waals surface area contributed by atoms with Crippen LogP contribution >= 0.6 is 0 Å². The number of aromatic nitrogens is 2. The van der Waals surface area contributed by atoms with E-state index < -0.39 is 0 Å². The van der Waals surface area contributed by atoms with Crippen molar-refractivity contribution in [1.82, 2.24) is 14.9 Å². The average Bonchev–Trinajstić information content (AvgIpc) is 2.64. The second kappa shape index (κ2) is 7.51. The zero-order chi connectivity index (χ0) is 17.8. The third kappa shape index (κ3) is 4.26. The highest BCUT2D eigenvalue weighted by Gasteiger charge is 2.25. The Morgan fingerprint density at radius 1 is 1.20 bits per heavy atom. The monoisotopic (exact) mass is 340 g/mol. The van der Waals surface area contributed by atoms with Crippen LogP contribution in [-0.2, 0) is 0 Å². The highest BCUT2D eigenvalue weighted by Crippen LogP contribution is 2.20. The molecule has 0 bridgehead atoms. The van der Waals surface area contributed by atoms with Gasteiger partial charge in [-0.15, -0.1) is 0 Å². The largest absolute Gasteiger partial charge is 0.460 e. The lowest BCUT2D eigenvalue weighted by molar-refractivity contribution is 0.0578. The summed E-state index contributed by atoms with van der Waals surface area (Å²) in [6, 6.07) is 8.14. The number of aryl methyl sites for hydroxylation is 1. The number of nitrogens with zero attached hydrogens (tertiary/aromatic N) is 4. The molecule has 1 aromatic carbocycles. The first-order valence-corrected chi connectivity index (χ1v) is 8.55. The highest BCUT2D eigenvalue weighted by atomic mass is 16.5. The molecule has 0 radical (unpaired) electrons. The summed E-state index contributed by atoms with van der Waals surface area (Å²) in [5.41, 5.74) is 2.76. The number of anilines is 1. The molecule has 1 aliphatic rings. The number of rotatable bonds is 4. The SMILES string of the molecule is Cc1cnc(OC2CCN(C(=O)c3cccc(N(C)C)c3)CC2)nc1. The fraction of sp³-hybridized carbons (Fsp3) is 0.421. The average molecular weight is 340 g/mol. The van der Waals surface area contributed by atoms with Crippen LogP contribution in [0.4, 0.5) is 5.69 Å². The Kier molecular flexibility index (Phi) is 5.16. The molecule has 0 saturated carbocycles. The molecular weight excluding hydrogens is 316 g/mol. The minimum absolute atomic E-state index is 0.0554. The van der Waals surface area contributed by atoms with Crippen molar-refractivity contribution in [1.29, 1.82) is 0 Å². The van der Waals surface area contributed by atoms with Crippen LogP contribution in [-0.4, -0.2) is 54.1 Å². The number of hydrogen-bond donors (Lipinski definition) is 0. The van der Waals surface area contributed by atoms with E-state index in [2.05, 4.69) is 9.97 Å². The topological polar surface area (TPSA) is 58.6 Å². The van der Waals surface area contributed by atoms with Crippen molar-refractivity contribution in [2.45, 2.75) is 25.9 Å². The standard InChI is InChI=1S/C19H24N4O2/c1-14-12-20-19(21-13-14)25-17-7-9-23(10-8-17)18(24)15-5-4-6-16(11-15)22(2)3/h4-6,11-13,17H,7-10H2,1-3H3. The molecule has 3 rings (SSSR count). The first-order valence-electron chi connectivity index (χ1n) is 8.55. The Balaban J connectivity index is 1.57. The summed E-state index contributed by atoms with van der Waals surface area (Å²) in [5, 5.41) is 0. The third-order valence-corrected chi connectivity index (χ3v) is 4.37. The summed E-state index contributed by atoms with van der Waals surface area (Å²) in [4.78, 5) is 25.0. The van der Waals surface area contributed by atoms with E-state index in [4.69, 9.17) is 4.74 Å². The summed E-state index contributed by atoms with van der Waals surface area (Å²) < 4.78 is 5.83. The highest BCUT2D eigenvalue weighted by molar-refractivity contribution is 5.95. The van der Waals surface area contributed by atoms with E-state index in [1.54, 1.807) is 12.4 Å². The van der Waals surface area contributed by atoms with Crippen LogP contribution < -0.4 is 9.64 Å². The van der Waals surface area contributed by atoms with Gasteiger partial charge in [-0.1, -0.05) is 6.07 Å². The molecule has 6 nitrogen and oxygen atoms in total. The maximum Gasteiger partial charge on any atom is 0.316 e. The minimum atomic E-state index is 0.0554. The van der Waals surface area contributed by atoms with Gasteiger partial charge in [-0.05, 0) is 30.7 Å². The van der Waals surface area contributed by atoms with Crippen molar-refractivity contribution in [2.24, 2.45) is 0 Å². The van der Waals surface area contributed by atoms with Gasteiger partial charge in [-0.3, -0.25) is 4.79 Å². The summed E-state index contributed by atoms with van der Waals surface area (Å²) >= 11 is 0. The van der Waals surface area contributed by atoms with Crippen LogP contribution in [0.3, 0.4) is 0 Å². The molecule has 1 fully saturated rings. The van der Waals surface area contributed by atoms with Crippen molar-refractivity contribution in [3.05, 3.63) is 47.8 Å². The Morgan fingerprint density at radius 3 is 2.52 bits per heavy atom. The number of carbonyl (C=O) groups excluding carboxylic acids is 1. The molecule has 0 unspecified atom stereocenters. The molecule has 2 aromatic rings. The van der Waals surface area contributed by atoms with Crippen LogP contribution in [0, 0.1) is 6.92 Å². The van der Waals surface area contributed by atoms with Gasteiger partial charge >= 0.3 is 6.01 Å². The van der Waals surface area contributed by atoms with Gasteiger partial charge in [-0.25, -0.2) is 9.97 Å². The lowest BCUT2D eigenvalue weighted by atomic mass is 10.1. The Hall–Kier alpha value is -2.63. The predicted molar refractivity (Wildman–Crippen MR) is 97.1 cm³/mol. The molecule has 0 N–H and O–H groups in total. The molecular formula is C19H24N4O2. The molecule has 132 valence electrons. The van der Waals surface area contributed by atoms with Crippen molar-refractivity contribution in [2.75, 3.05) is 32.1 Å². The lowest BCUT2D eigenvalue weighted by Gasteiger charge is -2.31. The normalized spacial score (nSPS) is 15.1. The van der Waals surface area contributed by atoms with Crippen LogP contribution in [0.2, 0.25) is 0 Å². The number of likely N-dealkylation sites (tertiary alicyclic amines) is 1. The zero-order valence-corrected chi connectivity index (χ0v) is 15.0. The molecule has 1 aromatic heterocycles. The quantitative estimate of drug-likeness (QED) is 0.856. The lowest BCUT2D eigenvalue weighted by Crippen LogP contribution is -2.42. The van der Waals surface area contributed by atoms with Gasteiger partial charge in [0.25, 0.3) is 5.91 Å². The van der Waals surface area contributed by atoms with Crippen molar-refractivity contribution in [3.8, 4) is 6.01 Å². The smallest absolute Gasteiger partial charge is 0.316 e. The summed E-state index contributed by atoms with van der Waals surface area (Å²) in [6.07, 6.45) is 5.13. The maximum atomic E-state index is 12.7. The summed E-state index contributed by atoms with van der Waals surface area (Å²) in [5.74, 6) is 0.0775. The Bertz CT molecular complexity index is 722. The van der Waals surface area contributed by atoms with E-state index in [0.29, 0.717) is 19.1 Å². The van der Waals surface area contributed by atoms with Gasteiger partial charge in [-0.2, -0.15) is 0 Å². The zero-order valence-electron chi connectivity index (χ0n) is 15.0. The van der Waals surface area contributed by atoms with Gasteiger partial charge in [0.05, 0.1) is 0 Å². The molecule has 1 aliphatic heterocycles. The third-order valence-electron chi connectivity index (χ3n) is 4.37. The number of benzene rings is 1. The second-order valence-corrected chi connectivity index (χ2v) is 6.60. The van der Waals surface area contributed by atoms with E-state index in [1.807, 2.05) is 55.1 Å². The van der Waals surface area contributed by atoms with E-state index in [0.717, 1.165) is 29.7 Å². The molecule has 0 atom stereocenters. The molecule has 0 aliphatic carbocycles. The van der Waals surface area contributed by atoms with Gasteiger partial charge in [0.1, 0.15) is 6.10 Å². The second-order valence-electron chi connectivity index (χ2n) is 6.60. The van der Waals surface area contributed by atoms with E-state index in [1.165, 1.54) is 0 Å². The number of hydrogen-bond acceptors (Lipinski definition) is 5. The summed E-state index contributed by atoms with van der Waals surface area (Å²) in [7, 11) is 3.94. The van der Waals surface area contributed by atoms with Crippen LogP contribution in [0.5, 0.6) is 6.01 Å². The van der Waals surface area contributed by atoms with E-state index >= 15 is 0 Å². The van der Waals surface area contributed by atoms with Crippen molar-refractivity contribution < 1.29 is 9.53 Å². The molecule has 1 saturated heterocycles. The van der Waals surface area contributed by atoms with Crippen molar-refractivity contribution in [3.63, 3.8) is 0 Å². The van der Waals surface area contributed by atoms with Crippen LogP contribution in [0.1, 0.15) is 28.8 Å². The molecule has 6 heteroatoms. The van der Waals surface area contributed by atoms with E-state index in [-0.39, 0.29) is 12.0 Å². The molecule has 0 spiro atoms. The van der Waals surface area contributed by atoms with E-state index in [9.17, 15) is 4.79 Å². The predicted octanol–water partition coefficient (Wildman–Crippen LogP) is 2.53. The van der Waals surface area contributed by atoms with Gasteiger partial charge in [0.15, 0.2) is 0 Å². The van der Waals surface area contributed by atoms with Gasteiger partial charge in [0.2, 0.25) is 0 Å².